The minimum absolute atomic E-state index is 0.0500. The maximum atomic E-state index is 11.7. The first-order chi connectivity index (χ1) is 16.1. The third-order valence-electron chi connectivity index (χ3n) is 6.29. The van der Waals surface area contributed by atoms with Gasteiger partial charge in [-0.1, -0.05) is 96.6 Å². The summed E-state index contributed by atoms with van der Waals surface area (Å²) in [4.78, 5) is 22.3. The number of allylic oxidation sites excluding steroid dienone is 2. The maximum absolute atomic E-state index is 11.7. The molecule has 4 nitrogen and oxygen atoms in total. The highest BCUT2D eigenvalue weighted by Gasteiger charge is 2.13. The van der Waals surface area contributed by atoms with Gasteiger partial charge in [-0.3, -0.25) is 9.59 Å². The lowest BCUT2D eigenvalue weighted by Gasteiger charge is -2.17. The molecule has 1 unspecified atom stereocenters. The van der Waals surface area contributed by atoms with E-state index < -0.39 is 5.97 Å². The largest absolute Gasteiger partial charge is 0.481 e. The Morgan fingerprint density at radius 2 is 1.12 bits per heavy atom. The van der Waals surface area contributed by atoms with E-state index in [1.165, 1.54) is 70.6 Å². The van der Waals surface area contributed by atoms with Crippen LogP contribution in [0.15, 0.2) is 12.2 Å². The summed E-state index contributed by atoms with van der Waals surface area (Å²) < 4.78 is 5.65. The van der Waals surface area contributed by atoms with Crippen molar-refractivity contribution in [2.75, 3.05) is 0 Å². The summed E-state index contributed by atoms with van der Waals surface area (Å²) in [6.07, 6.45) is 29.3. The summed E-state index contributed by atoms with van der Waals surface area (Å²) >= 11 is 0. The Kier molecular flexibility index (Phi) is 24.3. The van der Waals surface area contributed by atoms with E-state index in [2.05, 4.69) is 19.1 Å². The predicted octanol–water partition coefficient (Wildman–Crippen LogP) is 9.16. The molecule has 0 aliphatic rings. The van der Waals surface area contributed by atoms with Crippen LogP contribution in [0.25, 0.3) is 0 Å². The molecule has 4 heteroatoms. The van der Waals surface area contributed by atoms with E-state index in [0.29, 0.717) is 6.42 Å². The summed E-state index contributed by atoms with van der Waals surface area (Å²) in [5, 5.41) is 8.67. The molecule has 0 aromatic heterocycles. The Labute approximate surface area is 204 Å². The first-order valence-corrected chi connectivity index (χ1v) is 14.2. The van der Waals surface area contributed by atoms with E-state index in [0.717, 1.165) is 57.8 Å². The van der Waals surface area contributed by atoms with Crippen LogP contribution in [0.3, 0.4) is 0 Å². The van der Waals surface area contributed by atoms with Crippen LogP contribution < -0.4 is 0 Å². The molecule has 0 aromatic rings. The van der Waals surface area contributed by atoms with E-state index in [-0.39, 0.29) is 18.5 Å². The number of rotatable bonds is 25. The molecule has 1 N–H and O–H groups in total. The first-order valence-electron chi connectivity index (χ1n) is 14.2. The van der Waals surface area contributed by atoms with Crippen molar-refractivity contribution in [2.45, 2.75) is 161 Å². The van der Waals surface area contributed by atoms with Crippen molar-refractivity contribution in [1.82, 2.24) is 0 Å². The zero-order valence-corrected chi connectivity index (χ0v) is 22.0. The Bertz CT molecular complexity index is 472. The van der Waals surface area contributed by atoms with Crippen molar-refractivity contribution in [1.29, 1.82) is 0 Å². The second-order valence-electron chi connectivity index (χ2n) is 9.54. The minimum Gasteiger partial charge on any atom is -0.481 e. The van der Waals surface area contributed by atoms with Gasteiger partial charge in [0.25, 0.3) is 0 Å². The highest BCUT2D eigenvalue weighted by atomic mass is 16.5. The number of esters is 1. The molecule has 1 atom stereocenters. The van der Waals surface area contributed by atoms with Crippen molar-refractivity contribution in [3.63, 3.8) is 0 Å². The molecule has 0 amide bonds. The molecule has 0 heterocycles. The highest BCUT2D eigenvalue weighted by Crippen LogP contribution is 2.17. The Balaban J connectivity index is 3.70. The molecule has 0 aromatic carbocycles. The standard InChI is InChI=1S/C29H54O4/c1-3-5-6-7-8-9-10-11-12-13-14-15-16-18-21-24-27(33-29(32)4-2)25-22-19-17-20-23-26-28(30)31/h13-14,27H,3-12,15-26H2,1-2H3,(H,30,31)/b14-13-. The van der Waals surface area contributed by atoms with Crippen LogP contribution in [0.1, 0.15) is 155 Å². The fourth-order valence-corrected chi connectivity index (χ4v) is 4.15. The number of carboxylic acids is 1. The molecular formula is C29H54O4. The monoisotopic (exact) mass is 466 g/mol. The van der Waals surface area contributed by atoms with E-state index in [1.807, 2.05) is 6.92 Å². The zero-order chi connectivity index (χ0) is 24.4. The number of carbonyl (C=O) groups excluding carboxylic acids is 1. The molecule has 0 aliphatic heterocycles. The molecule has 0 fully saturated rings. The van der Waals surface area contributed by atoms with E-state index in [4.69, 9.17) is 9.84 Å². The smallest absolute Gasteiger partial charge is 0.305 e. The molecule has 0 saturated heterocycles. The van der Waals surface area contributed by atoms with Crippen LogP contribution in [0, 0.1) is 0 Å². The summed E-state index contributed by atoms with van der Waals surface area (Å²) in [5.41, 5.74) is 0. The summed E-state index contributed by atoms with van der Waals surface area (Å²) in [6, 6.07) is 0. The van der Waals surface area contributed by atoms with Gasteiger partial charge in [0, 0.05) is 12.8 Å². The lowest BCUT2D eigenvalue weighted by Crippen LogP contribution is -2.17. The summed E-state index contributed by atoms with van der Waals surface area (Å²) in [5.74, 6) is -0.800. The molecule has 194 valence electrons. The van der Waals surface area contributed by atoms with Crippen LogP contribution in [-0.2, 0) is 14.3 Å². The SMILES string of the molecule is CCCCCCCCCC/C=C\CCCCCC(CCCCCCCC(=O)O)OC(=O)CC. The van der Waals surface area contributed by atoms with Crippen molar-refractivity contribution in [2.24, 2.45) is 0 Å². The van der Waals surface area contributed by atoms with Gasteiger partial charge in [0.05, 0.1) is 0 Å². The fourth-order valence-electron chi connectivity index (χ4n) is 4.15. The lowest BCUT2D eigenvalue weighted by molar-refractivity contribution is -0.149. The molecule has 0 bridgehead atoms. The normalized spacial score (nSPS) is 12.3. The van der Waals surface area contributed by atoms with Crippen molar-refractivity contribution in [3.05, 3.63) is 12.2 Å². The zero-order valence-electron chi connectivity index (χ0n) is 22.0. The second kappa shape index (κ2) is 25.3. The molecule has 0 saturated carbocycles. The van der Waals surface area contributed by atoms with Gasteiger partial charge in [0.15, 0.2) is 0 Å². The van der Waals surface area contributed by atoms with Gasteiger partial charge >= 0.3 is 11.9 Å². The average Bonchev–Trinajstić information content (AvgIpc) is 2.80. The summed E-state index contributed by atoms with van der Waals surface area (Å²) in [7, 11) is 0. The maximum Gasteiger partial charge on any atom is 0.305 e. The Morgan fingerprint density at radius 3 is 1.64 bits per heavy atom. The number of hydrogen-bond acceptors (Lipinski definition) is 3. The molecule has 0 spiro atoms. The Morgan fingerprint density at radius 1 is 0.667 bits per heavy atom. The third-order valence-corrected chi connectivity index (χ3v) is 6.29. The van der Waals surface area contributed by atoms with E-state index >= 15 is 0 Å². The van der Waals surface area contributed by atoms with Crippen molar-refractivity contribution < 1.29 is 19.4 Å². The van der Waals surface area contributed by atoms with Gasteiger partial charge in [-0.25, -0.2) is 0 Å². The van der Waals surface area contributed by atoms with Gasteiger partial charge in [-0.05, 0) is 57.8 Å². The van der Waals surface area contributed by atoms with Crippen LogP contribution in [0.2, 0.25) is 0 Å². The van der Waals surface area contributed by atoms with E-state index in [9.17, 15) is 9.59 Å². The number of carboxylic acid groups (broad SMARTS) is 1. The van der Waals surface area contributed by atoms with Crippen LogP contribution in [0.4, 0.5) is 0 Å². The molecule has 33 heavy (non-hydrogen) atoms. The van der Waals surface area contributed by atoms with Gasteiger partial charge in [0.1, 0.15) is 6.10 Å². The van der Waals surface area contributed by atoms with Gasteiger partial charge in [-0.15, -0.1) is 0 Å². The van der Waals surface area contributed by atoms with Crippen molar-refractivity contribution in [3.8, 4) is 0 Å². The lowest BCUT2D eigenvalue weighted by atomic mass is 10.0. The third kappa shape index (κ3) is 25.1. The van der Waals surface area contributed by atoms with Gasteiger partial charge < -0.3 is 9.84 Å². The average molecular weight is 467 g/mol. The number of unbranched alkanes of at least 4 members (excludes halogenated alkanes) is 15. The highest BCUT2D eigenvalue weighted by molar-refractivity contribution is 5.69. The van der Waals surface area contributed by atoms with Crippen LogP contribution in [0.5, 0.6) is 0 Å². The number of ether oxygens (including phenoxy) is 1. The predicted molar refractivity (Wildman–Crippen MR) is 140 cm³/mol. The molecule has 0 rings (SSSR count). The van der Waals surface area contributed by atoms with Crippen LogP contribution >= 0.6 is 0 Å². The fraction of sp³-hybridized carbons (Fsp3) is 0.862. The number of carbonyl (C=O) groups is 2. The number of hydrogen-bond donors (Lipinski definition) is 1. The van der Waals surface area contributed by atoms with Crippen molar-refractivity contribution >= 4 is 11.9 Å². The topological polar surface area (TPSA) is 63.6 Å². The quantitative estimate of drug-likeness (QED) is 0.0827. The Hall–Kier alpha value is -1.32. The molecule has 0 aliphatic carbocycles. The van der Waals surface area contributed by atoms with E-state index in [1.54, 1.807) is 0 Å². The first kappa shape index (κ1) is 31.7. The number of aliphatic carboxylic acids is 1. The minimum atomic E-state index is -0.708. The summed E-state index contributed by atoms with van der Waals surface area (Å²) in [6.45, 7) is 4.12. The van der Waals surface area contributed by atoms with Gasteiger partial charge in [-0.2, -0.15) is 0 Å². The molecule has 0 radical (unpaired) electrons. The molecular weight excluding hydrogens is 412 g/mol. The second-order valence-corrected chi connectivity index (χ2v) is 9.54. The van der Waals surface area contributed by atoms with Crippen LogP contribution in [-0.4, -0.2) is 23.1 Å². The van der Waals surface area contributed by atoms with Gasteiger partial charge in [0.2, 0.25) is 0 Å².